The van der Waals surface area contributed by atoms with Crippen LogP contribution in [0.2, 0.25) is 0 Å². The van der Waals surface area contributed by atoms with Gasteiger partial charge in [0.05, 0.1) is 10.6 Å². The van der Waals surface area contributed by atoms with E-state index >= 15 is 0 Å². The van der Waals surface area contributed by atoms with Crippen LogP contribution in [0.5, 0.6) is 0 Å². The van der Waals surface area contributed by atoms with Gasteiger partial charge in [-0.25, -0.2) is 8.42 Å². The third kappa shape index (κ3) is 4.11. The molecule has 0 spiro atoms. The number of sulfone groups is 1. The van der Waals surface area contributed by atoms with Crippen LogP contribution in [0.25, 0.3) is 0 Å². The molecule has 0 fully saturated rings. The Kier molecular flexibility index (Phi) is 5.82. The summed E-state index contributed by atoms with van der Waals surface area (Å²) in [6.45, 7) is 0.392. The molecule has 0 amide bonds. The zero-order valence-corrected chi connectivity index (χ0v) is 11.5. The molecule has 4 nitrogen and oxygen atoms in total. The summed E-state index contributed by atoms with van der Waals surface area (Å²) in [5.41, 5.74) is -5.38. The maximum Gasteiger partial charge on any atom is 0.501 e. The van der Waals surface area contributed by atoms with Gasteiger partial charge in [0.25, 0.3) is 9.84 Å². The number of alkyl halides is 3. The van der Waals surface area contributed by atoms with Gasteiger partial charge in [-0.1, -0.05) is 12.1 Å². The smallest absolute Gasteiger partial charge is 0.396 e. The van der Waals surface area contributed by atoms with Crippen molar-refractivity contribution in [2.75, 3.05) is 18.5 Å². The Morgan fingerprint density at radius 3 is 2.35 bits per heavy atom. The summed E-state index contributed by atoms with van der Waals surface area (Å²) in [5.74, 6) is 0. The van der Waals surface area contributed by atoms with Crippen molar-refractivity contribution in [3.8, 4) is 0 Å². The maximum absolute atomic E-state index is 12.5. The Hall–Kier alpha value is -1.28. The third-order valence-electron chi connectivity index (χ3n) is 2.63. The van der Waals surface area contributed by atoms with Crippen molar-refractivity contribution in [3.63, 3.8) is 0 Å². The SMILES string of the molecule is O=S(=O)(c1ccccc1NCCCCCO)C(F)(F)F. The third-order valence-corrected chi connectivity index (χ3v) is 4.18. The quantitative estimate of drug-likeness (QED) is 0.760. The summed E-state index contributed by atoms with van der Waals surface area (Å²) in [5, 5.41) is 11.3. The van der Waals surface area contributed by atoms with Crippen molar-refractivity contribution < 1.29 is 26.7 Å². The molecule has 0 bridgehead atoms. The fraction of sp³-hybridized carbons (Fsp3) is 0.500. The predicted octanol–water partition coefficient (Wildman–Crippen LogP) is 2.55. The first-order chi connectivity index (χ1) is 9.30. The van der Waals surface area contributed by atoms with Crippen LogP contribution in [0.15, 0.2) is 29.2 Å². The fourth-order valence-corrected chi connectivity index (χ4v) is 2.55. The topological polar surface area (TPSA) is 66.4 Å². The van der Waals surface area contributed by atoms with E-state index in [0.717, 1.165) is 6.07 Å². The highest BCUT2D eigenvalue weighted by Gasteiger charge is 2.47. The molecule has 8 heteroatoms. The number of nitrogens with one attached hydrogen (secondary N) is 1. The average Bonchev–Trinajstić information content (AvgIpc) is 2.37. The second kappa shape index (κ2) is 6.94. The summed E-state index contributed by atoms with van der Waals surface area (Å²) < 4.78 is 60.5. The van der Waals surface area contributed by atoms with Crippen LogP contribution >= 0.6 is 0 Å². The molecule has 1 rings (SSSR count). The zero-order valence-electron chi connectivity index (χ0n) is 10.7. The van der Waals surface area contributed by atoms with Gasteiger partial charge in [0, 0.05) is 13.2 Å². The number of hydrogen-bond acceptors (Lipinski definition) is 4. The lowest BCUT2D eigenvalue weighted by molar-refractivity contribution is -0.0435. The molecule has 0 aliphatic heterocycles. The standard InChI is InChI=1S/C12H16F3NO3S/c13-12(14,15)20(18,19)11-7-3-2-6-10(11)16-8-4-1-5-9-17/h2-3,6-7,16-17H,1,4-5,8-9H2. The highest BCUT2D eigenvalue weighted by Crippen LogP contribution is 2.34. The van der Waals surface area contributed by atoms with E-state index in [4.69, 9.17) is 5.11 Å². The van der Waals surface area contributed by atoms with Crippen molar-refractivity contribution in [1.82, 2.24) is 0 Å². The molecule has 1 aromatic rings. The van der Waals surface area contributed by atoms with E-state index in [1.807, 2.05) is 0 Å². The van der Waals surface area contributed by atoms with E-state index in [-0.39, 0.29) is 12.3 Å². The van der Waals surface area contributed by atoms with Gasteiger partial charge in [0.2, 0.25) is 0 Å². The molecule has 0 aliphatic carbocycles. The lowest BCUT2D eigenvalue weighted by Gasteiger charge is -2.14. The average molecular weight is 311 g/mol. The number of anilines is 1. The Balaban J connectivity index is 2.84. The van der Waals surface area contributed by atoms with Crippen LogP contribution in [-0.2, 0) is 9.84 Å². The molecule has 0 saturated heterocycles. The fourth-order valence-electron chi connectivity index (χ4n) is 1.61. The van der Waals surface area contributed by atoms with E-state index in [1.54, 1.807) is 0 Å². The second-order valence-corrected chi connectivity index (χ2v) is 6.07. The number of para-hydroxylation sites is 1. The molecule has 20 heavy (non-hydrogen) atoms. The minimum atomic E-state index is -5.36. The van der Waals surface area contributed by atoms with Crippen molar-refractivity contribution >= 4 is 15.5 Å². The van der Waals surface area contributed by atoms with Gasteiger partial charge in [0.15, 0.2) is 0 Å². The summed E-state index contributed by atoms with van der Waals surface area (Å²) in [6, 6.07) is 4.94. The molecule has 0 aromatic heterocycles. The zero-order chi connectivity index (χ0) is 15.2. The Labute approximate surface area is 115 Å². The second-order valence-electron chi connectivity index (χ2n) is 4.16. The van der Waals surface area contributed by atoms with E-state index in [0.29, 0.717) is 25.8 Å². The van der Waals surface area contributed by atoms with Crippen molar-refractivity contribution in [2.24, 2.45) is 0 Å². The molecule has 114 valence electrons. The van der Waals surface area contributed by atoms with Crippen LogP contribution in [0.3, 0.4) is 0 Å². The number of rotatable bonds is 7. The summed E-state index contributed by atoms with van der Waals surface area (Å²) in [6.07, 6.45) is 1.93. The Bertz CT molecular complexity index is 529. The summed E-state index contributed by atoms with van der Waals surface area (Å²) in [4.78, 5) is -0.769. The number of aliphatic hydroxyl groups excluding tert-OH is 1. The summed E-state index contributed by atoms with van der Waals surface area (Å²) in [7, 11) is -5.36. The first kappa shape index (κ1) is 16.8. The van der Waals surface area contributed by atoms with Gasteiger partial charge in [-0.3, -0.25) is 0 Å². The molecule has 1 aromatic carbocycles. The first-order valence-electron chi connectivity index (χ1n) is 6.06. The van der Waals surface area contributed by atoms with Gasteiger partial charge < -0.3 is 10.4 Å². The van der Waals surface area contributed by atoms with Crippen LogP contribution in [0.4, 0.5) is 18.9 Å². The van der Waals surface area contributed by atoms with Crippen molar-refractivity contribution in [2.45, 2.75) is 29.7 Å². The molecular weight excluding hydrogens is 295 g/mol. The van der Waals surface area contributed by atoms with Crippen LogP contribution < -0.4 is 5.32 Å². The van der Waals surface area contributed by atoms with E-state index in [2.05, 4.69) is 5.32 Å². The molecule has 0 radical (unpaired) electrons. The summed E-state index contributed by atoms with van der Waals surface area (Å²) >= 11 is 0. The van der Waals surface area contributed by atoms with Gasteiger partial charge in [-0.05, 0) is 31.4 Å². The lowest BCUT2D eigenvalue weighted by atomic mass is 10.2. The molecule has 0 aliphatic rings. The highest BCUT2D eigenvalue weighted by atomic mass is 32.2. The van der Waals surface area contributed by atoms with Crippen LogP contribution in [-0.4, -0.2) is 32.2 Å². The number of benzene rings is 1. The molecule has 0 saturated carbocycles. The van der Waals surface area contributed by atoms with Gasteiger partial charge >= 0.3 is 5.51 Å². The van der Waals surface area contributed by atoms with Crippen molar-refractivity contribution in [3.05, 3.63) is 24.3 Å². The molecule has 2 N–H and O–H groups in total. The minimum Gasteiger partial charge on any atom is -0.396 e. The minimum absolute atomic E-state index is 0.0546. The van der Waals surface area contributed by atoms with E-state index < -0.39 is 20.2 Å². The first-order valence-corrected chi connectivity index (χ1v) is 7.54. The molecule has 0 heterocycles. The Morgan fingerprint density at radius 1 is 1.10 bits per heavy atom. The monoisotopic (exact) mass is 311 g/mol. The largest absolute Gasteiger partial charge is 0.501 e. The van der Waals surface area contributed by atoms with Crippen molar-refractivity contribution in [1.29, 1.82) is 0 Å². The number of aliphatic hydroxyl groups is 1. The number of hydrogen-bond donors (Lipinski definition) is 2. The van der Waals surface area contributed by atoms with Gasteiger partial charge in [0.1, 0.15) is 0 Å². The normalized spacial score (nSPS) is 12.4. The van der Waals surface area contributed by atoms with E-state index in [1.165, 1.54) is 18.2 Å². The molecule has 0 unspecified atom stereocenters. The maximum atomic E-state index is 12.5. The Morgan fingerprint density at radius 2 is 1.75 bits per heavy atom. The van der Waals surface area contributed by atoms with Crippen LogP contribution in [0.1, 0.15) is 19.3 Å². The predicted molar refractivity (Wildman–Crippen MR) is 69.1 cm³/mol. The van der Waals surface area contributed by atoms with Crippen LogP contribution in [0, 0.1) is 0 Å². The van der Waals surface area contributed by atoms with E-state index in [9.17, 15) is 21.6 Å². The molecular formula is C12H16F3NO3S. The molecule has 0 atom stereocenters. The number of unbranched alkanes of at least 4 members (excludes halogenated alkanes) is 2. The highest BCUT2D eigenvalue weighted by molar-refractivity contribution is 7.92. The number of halogens is 3. The van der Waals surface area contributed by atoms with Gasteiger partial charge in [-0.15, -0.1) is 0 Å². The lowest BCUT2D eigenvalue weighted by Crippen LogP contribution is -2.24. The van der Waals surface area contributed by atoms with Gasteiger partial charge in [-0.2, -0.15) is 13.2 Å².